The van der Waals surface area contributed by atoms with E-state index in [1.54, 1.807) is 37.3 Å². The van der Waals surface area contributed by atoms with Gasteiger partial charge in [-0.2, -0.15) is 0 Å². The van der Waals surface area contributed by atoms with Crippen LogP contribution in [0.5, 0.6) is 0 Å². The summed E-state index contributed by atoms with van der Waals surface area (Å²) in [5, 5.41) is 0.536. The average Bonchev–Trinajstić information content (AvgIpc) is 3.09. The Balaban J connectivity index is 2.22. The maximum absolute atomic E-state index is 13.4. The number of carbonyl (C=O) groups is 2. The van der Waals surface area contributed by atoms with E-state index < -0.39 is 28.1 Å². The van der Waals surface area contributed by atoms with Gasteiger partial charge in [0.1, 0.15) is 6.10 Å². The lowest BCUT2D eigenvalue weighted by Gasteiger charge is -2.16. The molecular formula is C22H22BrNO6S. The second kappa shape index (κ2) is 9.23. The number of rotatable bonds is 7. The highest BCUT2D eigenvalue weighted by Crippen LogP contribution is 2.37. The van der Waals surface area contributed by atoms with E-state index >= 15 is 0 Å². The van der Waals surface area contributed by atoms with Gasteiger partial charge in [0.25, 0.3) is 10.0 Å². The molecule has 0 radical (unpaired) electrons. The molecule has 0 N–H and O–H groups in total. The van der Waals surface area contributed by atoms with Crippen LogP contribution in [0.15, 0.2) is 58.0 Å². The molecule has 31 heavy (non-hydrogen) atoms. The van der Waals surface area contributed by atoms with Gasteiger partial charge in [0.15, 0.2) is 0 Å². The molecule has 3 aromatic rings. The van der Waals surface area contributed by atoms with Crippen molar-refractivity contribution in [3.63, 3.8) is 0 Å². The number of aromatic nitrogens is 1. The van der Waals surface area contributed by atoms with Crippen LogP contribution >= 0.6 is 15.9 Å². The first-order valence-electron chi connectivity index (χ1n) is 9.59. The van der Waals surface area contributed by atoms with Gasteiger partial charge in [0.05, 0.1) is 23.4 Å². The van der Waals surface area contributed by atoms with Gasteiger partial charge >= 0.3 is 11.9 Å². The minimum atomic E-state index is -3.94. The van der Waals surface area contributed by atoms with Crippen LogP contribution < -0.4 is 0 Å². The fourth-order valence-electron chi connectivity index (χ4n) is 3.30. The molecule has 0 bridgehead atoms. The number of esters is 2. The molecule has 1 unspecified atom stereocenters. The molecule has 1 atom stereocenters. The van der Waals surface area contributed by atoms with Crippen LogP contribution in [0.3, 0.4) is 0 Å². The highest BCUT2D eigenvalue weighted by Gasteiger charge is 2.29. The number of ether oxygens (including phenoxy) is 2. The first-order valence-corrected chi connectivity index (χ1v) is 11.8. The molecule has 0 saturated heterocycles. The van der Waals surface area contributed by atoms with Crippen molar-refractivity contribution in [1.82, 2.24) is 3.97 Å². The Labute approximate surface area is 189 Å². The van der Waals surface area contributed by atoms with E-state index in [2.05, 4.69) is 15.9 Å². The molecule has 164 valence electrons. The Kier molecular flexibility index (Phi) is 6.86. The van der Waals surface area contributed by atoms with Crippen LogP contribution in [0.25, 0.3) is 10.9 Å². The van der Waals surface area contributed by atoms with E-state index in [4.69, 9.17) is 9.47 Å². The number of hydrogen-bond donors (Lipinski definition) is 0. The van der Waals surface area contributed by atoms with Crippen LogP contribution in [0.4, 0.5) is 0 Å². The highest BCUT2D eigenvalue weighted by atomic mass is 79.9. The zero-order chi connectivity index (χ0) is 22.8. The Morgan fingerprint density at radius 3 is 2.42 bits per heavy atom. The zero-order valence-electron chi connectivity index (χ0n) is 17.3. The predicted octanol–water partition coefficient (Wildman–Crippen LogP) is 4.51. The lowest BCUT2D eigenvalue weighted by molar-refractivity contribution is -0.153. The second-order valence-electron chi connectivity index (χ2n) is 6.94. The van der Waals surface area contributed by atoms with Gasteiger partial charge in [-0.1, -0.05) is 39.7 Å². The Morgan fingerprint density at radius 2 is 1.81 bits per heavy atom. The summed E-state index contributed by atoms with van der Waals surface area (Å²) in [6.07, 6.45) is 0.155. The third kappa shape index (κ3) is 4.83. The smallest absolute Gasteiger partial charge is 0.309 e. The highest BCUT2D eigenvalue weighted by molar-refractivity contribution is 9.10. The third-order valence-electron chi connectivity index (χ3n) is 4.66. The van der Waals surface area contributed by atoms with Gasteiger partial charge in [-0.05, 0) is 38.1 Å². The molecule has 0 amide bonds. The maximum Gasteiger partial charge on any atom is 0.309 e. The topological polar surface area (TPSA) is 91.7 Å². The molecule has 0 aliphatic rings. The third-order valence-corrected chi connectivity index (χ3v) is 7.01. The van der Waals surface area contributed by atoms with Crippen molar-refractivity contribution in [2.75, 3.05) is 6.61 Å². The van der Waals surface area contributed by atoms with Crippen LogP contribution in [0.1, 0.15) is 37.5 Å². The molecular weight excluding hydrogens is 486 g/mol. The maximum atomic E-state index is 13.4. The summed E-state index contributed by atoms with van der Waals surface area (Å²) >= 11 is 3.46. The number of aryl methyl sites for hydroxylation is 1. The van der Waals surface area contributed by atoms with E-state index in [-0.39, 0.29) is 17.9 Å². The summed E-state index contributed by atoms with van der Waals surface area (Å²) < 4.78 is 39.0. The minimum Gasteiger partial charge on any atom is -0.466 e. The Morgan fingerprint density at radius 1 is 1.13 bits per heavy atom. The van der Waals surface area contributed by atoms with Crippen molar-refractivity contribution in [3.8, 4) is 0 Å². The van der Waals surface area contributed by atoms with E-state index in [0.29, 0.717) is 20.9 Å². The number of halogens is 1. The zero-order valence-corrected chi connectivity index (χ0v) is 19.7. The number of fused-ring (bicyclic) bond motifs is 1. The van der Waals surface area contributed by atoms with Crippen molar-refractivity contribution in [2.45, 2.75) is 38.2 Å². The molecule has 9 heteroatoms. The van der Waals surface area contributed by atoms with Crippen LogP contribution in [-0.4, -0.2) is 30.9 Å². The fraction of sp³-hybridized carbons (Fsp3) is 0.273. The van der Waals surface area contributed by atoms with Crippen molar-refractivity contribution >= 4 is 48.8 Å². The van der Waals surface area contributed by atoms with Gasteiger partial charge < -0.3 is 9.47 Å². The molecule has 0 spiro atoms. The summed E-state index contributed by atoms with van der Waals surface area (Å²) in [5.74, 6) is -1.15. The monoisotopic (exact) mass is 507 g/mol. The standard InChI is InChI=1S/C22H22BrNO6S/c1-4-29-21(26)12-20(30-15(3)25)17-13-24(19-7-5-6-18(23)22(17)19)31(27,28)16-10-8-14(2)9-11-16/h5-11,13,20H,4,12H2,1-3H3. The molecule has 0 aliphatic heterocycles. The summed E-state index contributed by atoms with van der Waals surface area (Å²) in [5.41, 5.74) is 1.72. The van der Waals surface area contributed by atoms with Crippen LogP contribution in [0.2, 0.25) is 0 Å². The number of hydrogen-bond acceptors (Lipinski definition) is 6. The van der Waals surface area contributed by atoms with E-state index in [1.807, 2.05) is 6.92 Å². The van der Waals surface area contributed by atoms with Crippen molar-refractivity contribution in [1.29, 1.82) is 0 Å². The second-order valence-corrected chi connectivity index (χ2v) is 9.61. The molecule has 2 aromatic carbocycles. The average molecular weight is 508 g/mol. The lowest BCUT2D eigenvalue weighted by atomic mass is 10.1. The number of nitrogens with zero attached hydrogens (tertiary/aromatic N) is 1. The van der Waals surface area contributed by atoms with Gasteiger partial charge in [0.2, 0.25) is 0 Å². The first-order chi connectivity index (χ1) is 14.6. The lowest BCUT2D eigenvalue weighted by Crippen LogP contribution is -2.16. The van der Waals surface area contributed by atoms with Gasteiger partial charge in [-0.15, -0.1) is 0 Å². The van der Waals surface area contributed by atoms with Gasteiger partial charge in [-0.3, -0.25) is 9.59 Å². The Bertz CT molecular complexity index is 1230. The van der Waals surface area contributed by atoms with Crippen molar-refractivity contribution in [3.05, 3.63) is 64.3 Å². The summed E-state index contributed by atoms with van der Waals surface area (Å²) in [7, 11) is -3.94. The minimum absolute atomic E-state index is 0.121. The number of benzene rings is 2. The Hall–Kier alpha value is -2.65. The normalized spacial score (nSPS) is 12.5. The fourth-order valence-corrected chi connectivity index (χ4v) is 5.25. The largest absolute Gasteiger partial charge is 0.466 e. The van der Waals surface area contributed by atoms with Gasteiger partial charge in [-0.25, -0.2) is 12.4 Å². The molecule has 3 rings (SSSR count). The summed E-state index contributed by atoms with van der Waals surface area (Å²) in [4.78, 5) is 24.0. The first kappa shape index (κ1) is 23.0. The van der Waals surface area contributed by atoms with Crippen LogP contribution in [0, 0.1) is 6.92 Å². The molecule has 1 heterocycles. The molecule has 0 saturated carbocycles. The molecule has 7 nitrogen and oxygen atoms in total. The summed E-state index contributed by atoms with van der Waals surface area (Å²) in [6.45, 7) is 4.96. The summed E-state index contributed by atoms with van der Waals surface area (Å²) in [6, 6.07) is 11.6. The van der Waals surface area contributed by atoms with Crippen molar-refractivity contribution in [2.24, 2.45) is 0 Å². The molecule has 0 fully saturated rings. The predicted molar refractivity (Wildman–Crippen MR) is 119 cm³/mol. The number of carbonyl (C=O) groups excluding carboxylic acids is 2. The molecule has 1 aromatic heterocycles. The van der Waals surface area contributed by atoms with E-state index in [1.165, 1.54) is 25.3 Å². The van der Waals surface area contributed by atoms with Crippen molar-refractivity contribution < 1.29 is 27.5 Å². The van der Waals surface area contributed by atoms with Gasteiger partial charge in [0, 0.05) is 28.5 Å². The quantitative estimate of drug-likeness (QED) is 0.437. The molecule has 0 aliphatic carbocycles. The van der Waals surface area contributed by atoms with Crippen LogP contribution in [-0.2, 0) is 29.1 Å². The van der Waals surface area contributed by atoms with E-state index in [0.717, 1.165) is 9.54 Å². The van der Waals surface area contributed by atoms with E-state index in [9.17, 15) is 18.0 Å². The SMILES string of the molecule is CCOC(=O)CC(OC(C)=O)c1cn(S(=O)(=O)c2ccc(C)cc2)c2cccc(Br)c12.